The van der Waals surface area contributed by atoms with Gasteiger partial charge in [0.25, 0.3) is 0 Å². The number of aliphatic hydroxyl groups excluding tert-OH is 1. The van der Waals surface area contributed by atoms with Crippen molar-refractivity contribution in [3.05, 3.63) is 35.1 Å². The van der Waals surface area contributed by atoms with Gasteiger partial charge in [-0.25, -0.2) is 4.39 Å². The van der Waals surface area contributed by atoms with Gasteiger partial charge in [-0.2, -0.15) is 0 Å². The molecule has 1 unspecified atom stereocenters. The molecule has 1 fully saturated rings. The first-order valence-corrected chi connectivity index (χ1v) is 5.12. The van der Waals surface area contributed by atoms with E-state index in [-0.39, 0.29) is 18.3 Å². The summed E-state index contributed by atoms with van der Waals surface area (Å²) in [7, 11) is 0. The minimum Gasteiger partial charge on any atom is -0.396 e. The Morgan fingerprint density at radius 2 is 2.14 bits per heavy atom. The Labute approximate surface area is 83.6 Å². The predicted molar refractivity (Wildman–Crippen MR) is 53.9 cm³/mol. The summed E-state index contributed by atoms with van der Waals surface area (Å²) in [4.78, 5) is 0. The highest BCUT2D eigenvalue weighted by Gasteiger charge is 2.24. The van der Waals surface area contributed by atoms with Crippen LogP contribution >= 0.6 is 0 Å². The third-order valence-electron chi connectivity index (χ3n) is 2.83. The monoisotopic (exact) mass is 194 g/mol. The fourth-order valence-corrected chi connectivity index (χ4v) is 1.68. The Hall–Kier alpha value is -0.890. The van der Waals surface area contributed by atoms with Crippen LogP contribution in [-0.4, -0.2) is 11.7 Å². The van der Waals surface area contributed by atoms with Crippen molar-refractivity contribution in [2.45, 2.75) is 31.6 Å². The van der Waals surface area contributed by atoms with Crippen molar-refractivity contribution in [3.63, 3.8) is 0 Å². The second-order valence-electron chi connectivity index (χ2n) is 4.18. The second-order valence-corrected chi connectivity index (χ2v) is 4.18. The summed E-state index contributed by atoms with van der Waals surface area (Å²) in [6.07, 6.45) is 2.35. The van der Waals surface area contributed by atoms with Gasteiger partial charge in [-0.15, -0.1) is 0 Å². The van der Waals surface area contributed by atoms with Gasteiger partial charge in [-0.3, -0.25) is 0 Å². The molecule has 1 saturated carbocycles. The van der Waals surface area contributed by atoms with E-state index in [9.17, 15) is 4.39 Å². The summed E-state index contributed by atoms with van der Waals surface area (Å²) in [5.41, 5.74) is 2.01. The number of hydrogen-bond acceptors (Lipinski definition) is 1. The van der Waals surface area contributed by atoms with E-state index < -0.39 is 0 Å². The van der Waals surface area contributed by atoms with Crippen molar-refractivity contribution in [2.75, 3.05) is 6.61 Å². The highest BCUT2D eigenvalue weighted by Crippen LogP contribution is 2.41. The van der Waals surface area contributed by atoms with Crippen LogP contribution < -0.4 is 0 Å². The summed E-state index contributed by atoms with van der Waals surface area (Å²) in [6.45, 7) is 1.99. The maximum atomic E-state index is 13.2. The topological polar surface area (TPSA) is 20.2 Å². The molecule has 0 saturated heterocycles. The molecule has 1 atom stereocenters. The van der Waals surface area contributed by atoms with Crippen molar-refractivity contribution in [2.24, 2.45) is 0 Å². The molecule has 1 N–H and O–H groups in total. The summed E-state index contributed by atoms with van der Waals surface area (Å²) in [5.74, 6) is 0.420. The molecular formula is C12H15FO. The van der Waals surface area contributed by atoms with Gasteiger partial charge in [-0.1, -0.05) is 13.0 Å². The van der Waals surface area contributed by atoms with Crippen LogP contribution in [0.5, 0.6) is 0 Å². The van der Waals surface area contributed by atoms with Crippen molar-refractivity contribution < 1.29 is 9.50 Å². The fourth-order valence-electron chi connectivity index (χ4n) is 1.68. The molecule has 2 rings (SSSR count). The molecule has 0 radical (unpaired) electrons. The maximum Gasteiger partial charge on any atom is 0.123 e. The lowest BCUT2D eigenvalue weighted by Crippen LogP contribution is -2.00. The Bertz CT molecular complexity index is 331. The smallest absolute Gasteiger partial charge is 0.123 e. The zero-order chi connectivity index (χ0) is 10.1. The average Bonchev–Trinajstić information content (AvgIpc) is 2.98. The molecule has 0 spiro atoms. The van der Waals surface area contributed by atoms with E-state index in [1.807, 2.05) is 13.0 Å². The van der Waals surface area contributed by atoms with E-state index in [0.29, 0.717) is 5.92 Å². The molecule has 1 aliphatic carbocycles. The zero-order valence-corrected chi connectivity index (χ0v) is 8.33. The van der Waals surface area contributed by atoms with Gasteiger partial charge in [0, 0.05) is 12.5 Å². The standard InChI is InChI=1S/C12H15FO/c1-8(7-14)10-4-11(9-2-3-9)6-12(13)5-10/h4-6,8-9,14H,2-3,7H2,1H3. The van der Waals surface area contributed by atoms with Crippen LogP contribution in [0.4, 0.5) is 4.39 Å². The van der Waals surface area contributed by atoms with Crippen LogP contribution in [0.1, 0.15) is 42.7 Å². The van der Waals surface area contributed by atoms with E-state index >= 15 is 0 Å². The lowest BCUT2D eigenvalue weighted by Gasteiger charge is -2.10. The Kier molecular flexibility index (Phi) is 2.55. The van der Waals surface area contributed by atoms with Gasteiger partial charge < -0.3 is 5.11 Å². The molecule has 0 amide bonds. The summed E-state index contributed by atoms with van der Waals surface area (Å²) in [5, 5.41) is 9.00. The maximum absolute atomic E-state index is 13.2. The van der Waals surface area contributed by atoms with E-state index in [1.165, 1.54) is 18.9 Å². The predicted octanol–water partition coefficient (Wildman–Crippen LogP) is 2.80. The molecule has 1 aromatic carbocycles. The number of benzene rings is 1. The Morgan fingerprint density at radius 1 is 1.43 bits per heavy atom. The van der Waals surface area contributed by atoms with Crippen LogP contribution in [0.3, 0.4) is 0 Å². The largest absolute Gasteiger partial charge is 0.396 e. The minimum absolute atomic E-state index is 0.0307. The number of halogens is 1. The quantitative estimate of drug-likeness (QED) is 0.784. The molecule has 0 heterocycles. The zero-order valence-electron chi connectivity index (χ0n) is 8.33. The van der Waals surface area contributed by atoms with Gasteiger partial charge in [0.1, 0.15) is 5.82 Å². The lowest BCUT2D eigenvalue weighted by molar-refractivity contribution is 0.273. The lowest BCUT2D eigenvalue weighted by atomic mass is 9.98. The second kappa shape index (κ2) is 3.70. The van der Waals surface area contributed by atoms with Crippen LogP contribution in [-0.2, 0) is 0 Å². The molecule has 0 aromatic heterocycles. The fraction of sp³-hybridized carbons (Fsp3) is 0.500. The number of aliphatic hydroxyl groups is 1. The molecule has 14 heavy (non-hydrogen) atoms. The highest BCUT2D eigenvalue weighted by molar-refractivity contribution is 5.31. The third kappa shape index (κ3) is 1.95. The molecule has 0 bridgehead atoms. The van der Waals surface area contributed by atoms with E-state index in [1.54, 1.807) is 6.07 Å². The first-order valence-electron chi connectivity index (χ1n) is 5.12. The first kappa shape index (κ1) is 9.66. The number of hydrogen-bond donors (Lipinski definition) is 1. The van der Waals surface area contributed by atoms with E-state index in [4.69, 9.17) is 5.11 Å². The van der Waals surface area contributed by atoms with Crippen LogP contribution in [0.2, 0.25) is 0 Å². The molecule has 1 nitrogen and oxygen atoms in total. The van der Waals surface area contributed by atoms with Crippen molar-refractivity contribution in [1.82, 2.24) is 0 Å². The molecule has 1 aromatic rings. The van der Waals surface area contributed by atoms with Gasteiger partial charge >= 0.3 is 0 Å². The Morgan fingerprint density at radius 3 is 2.71 bits per heavy atom. The van der Waals surface area contributed by atoms with Crippen LogP contribution in [0.15, 0.2) is 18.2 Å². The van der Waals surface area contributed by atoms with E-state index in [0.717, 1.165) is 11.1 Å². The van der Waals surface area contributed by atoms with Crippen molar-refractivity contribution >= 4 is 0 Å². The van der Waals surface area contributed by atoms with Crippen molar-refractivity contribution in [1.29, 1.82) is 0 Å². The number of rotatable bonds is 3. The molecule has 76 valence electrons. The van der Waals surface area contributed by atoms with Crippen LogP contribution in [0.25, 0.3) is 0 Å². The molecular weight excluding hydrogens is 179 g/mol. The minimum atomic E-state index is -0.176. The van der Waals surface area contributed by atoms with Gasteiger partial charge in [0.05, 0.1) is 0 Å². The first-order chi connectivity index (χ1) is 6.70. The summed E-state index contributed by atoms with van der Waals surface area (Å²) >= 11 is 0. The molecule has 0 aliphatic heterocycles. The average molecular weight is 194 g/mol. The molecule has 2 heteroatoms. The third-order valence-corrected chi connectivity index (χ3v) is 2.83. The normalized spacial score (nSPS) is 18.2. The van der Waals surface area contributed by atoms with Gasteiger partial charge in [0.2, 0.25) is 0 Å². The van der Waals surface area contributed by atoms with Gasteiger partial charge in [-0.05, 0) is 42.0 Å². The summed E-state index contributed by atoms with van der Waals surface area (Å²) in [6, 6.07) is 5.17. The van der Waals surface area contributed by atoms with Crippen LogP contribution in [0, 0.1) is 5.82 Å². The van der Waals surface area contributed by atoms with Gasteiger partial charge in [0.15, 0.2) is 0 Å². The van der Waals surface area contributed by atoms with E-state index in [2.05, 4.69) is 0 Å². The highest BCUT2D eigenvalue weighted by atomic mass is 19.1. The van der Waals surface area contributed by atoms with Crippen molar-refractivity contribution in [3.8, 4) is 0 Å². The summed E-state index contributed by atoms with van der Waals surface area (Å²) < 4.78 is 13.2. The Balaban J connectivity index is 2.30. The molecule has 1 aliphatic rings. The SMILES string of the molecule is CC(CO)c1cc(F)cc(C2CC2)c1.